The molecule has 1 aliphatic rings. The Bertz CT molecular complexity index is 1160. The average Bonchev–Trinajstić information content (AvgIpc) is 2.80. The molecule has 12 heteroatoms. The summed E-state index contributed by atoms with van der Waals surface area (Å²) in [4.78, 5) is 32.6. The van der Waals surface area contributed by atoms with Crippen LogP contribution >= 0.6 is 0 Å². The van der Waals surface area contributed by atoms with Gasteiger partial charge in [0.15, 0.2) is 0 Å². The number of carbonyl (C=O) groups excluding carboxylic acids is 2. The van der Waals surface area contributed by atoms with Crippen molar-refractivity contribution < 1.29 is 27.2 Å². The molecule has 0 fully saturated rings. The van der Waals surface area contributed by atoms with Gasteiger partial charge in [0.1, 0.15) is 29.3 Å². The molecule has 186 valence electrons. The molecule has 1 aromatic carbocycles. The van der Waals surface area contributed by atoms with Crippen LogP contribution in [0.2, 0.25) is 0 Å². The molecular weight excluding hydrogens is 468 g/mol. The van der Waals surface area contributed by atoms with Gasteiger partial charge < -0.3 is 20.0 Å². The fourth-order valence-electron chi connectivity index (χ4n) is 3.93. The first-order chi connectivity index (χ1) is 16.5. The van der Waals surface area contributed by atoms with E-state index in [1.165, 1.54) is 35.9 Å². The number of hydrogen-bond acceptors (Lipinski definition) is 6. The van der Waals surface area contributed by atoms with Crippen molar-refractivity contribution in [2.45, 2.75) is 25.6 Å². The zero-order valence-corrected chi connectivity index (χ0v) is 19.4. The number of nitrogens with one attached hydrogen (secondary N) is 1. The number of hydrogen-bond donors (Lipinski definition) is 1. The van der Waals surface area contributed by atoms with Crippen molar-refractivity contribution in [3.8, 4) is 6.07 Å². The minimum Gasteiger partial charge on any atom is -0.366 e. The van der Waals surface area contributed by atoms with Crippen LogP contribution in [0.15, 0.2) is 24.3 Å². The SMILES string of the molecule is Cc1cc(C(F)(F)F)c(C#N)c(N[C@H]2CCN(CCN(C)C=O)c3c(F)cccc3N(C)C2=O)n1. The normalized spacial score (nSPS) is 16.2. The largest absolute Gasteiger partial charge is 0.417 e. The van der Waals surface area contributed by atoms with Gasteiger partial charge in [0, 0.05) is 39.4 Å². The van der Waals surface area contributed by atoms with Crippen LogP contribution in [0.4, 0.5) is 34.8 Å². The van der Waals surface area contributed by atoms with Crippen molar-refractivity contribution in [2.24, 2.45) is 0 Å². The highest BCUT2D eigenvalue weighted by molar-refractivity contribution is 6.01. The molecule has 2 heterocycles. The number of nitrogens with zero attached hydrogens (tertiary/aromatic N) is 5. The van der Waals surface area contributed by atoms with Gasteiger partial charge >= 0.3 is 6.18 Å². The van der Waals surface area contributed by atoms with E-state index >= 15 is 0 Å². The Morgan fingerprint density at radius 2 is 2.09 bits per heavy atom. The molecule has 0 aliphatic carbocycles. The van der Waals surface area contributed by atoms with Crippen molar-refractivity contribution in [3.63, 3.8) is 0 Å². The molecule has 0 bridgehead atoms. The summed E-state index contributed by atoms with van der Waals surface area (Å²) >= 11 is 0. The summed E-state index contributed by atoms with van der Waals surface area (Å²) in [5, 5.41) is 12.2. The second-order valence-electron chi connectivity index (χ2n) is 8.21. The van der Waals surface area contributed by atoms with Crippen molar-refractivity contribution in [3.05, 3.63) is 46.9 Å². The zero-order valence-electron chi connectivity index (χ0n) is 19.4. The Kier molecular flexibility index (Phi) is 7.48. The number of benzene rings is 1. The summed E-state index contributed by atoms with van der Waals surface area (Å²) in [6.45, 7) is 2.04. The van der Waals surface area contributed by atoms with Crippen molar-refractivity contribution >= 4 is 29.5 Å². The van der Waals surface area contributed by atoms with Crippen molar-refractivity contribution in [1.29, 1.82) is 5.26 Å². The second kappa shape index (κ2) is 10.2. The van der Waals surface area contributed by atoms with Gasteiger partial charge in [-0.2, -0.15) is 18.4 Å². The number of fused-ring (bicyclic) bond motifs is 1. The number of alkyl halides is 3. The lowest BCUT2D eigenvalue weighted by atomic mass is 10.0. The molecule has 0 spiro atoms. The lowest BCUT2D eigenvalue weighted by Gasteiger charge is -2.36. The Morgan fingerprint density at radius 3 is 2.71 bits per heavy atom. The van der Waals surface area contributed by atoms with E-state index in [0.717, 1.165) is 6.07 Å². The standard InChI is InChI=1S/C23H24F4N6O2/c1-14-11-16(23(25,26)27)15(12-28)21(29-14)30-18-7-8-33(10-9-31(2)13-34)20-17(24)5-4-6-19(20)32(3)22(18)35/h4-6,11,13,18H,7-10H2,1-3H3,(H,29,30)/t18-/m0/s1. The summed E-state index contributed by atoms with van der Waals surface area (Å²) in [6, 6.07) is 5.54. The number of aromatic nitrogens is 1. The van der Waals surface area contributed by atoms with Gasteiger partial charge in [-0.3, -0.25) is 9.59 Å². The summed E-state index contributed by atoms with van der Waals surface area (Å²) in [7, 11) is 3.01. The van der Waals surface area contributed by atoms with Crippen LogP contribution in [-0.4, -0.2) is 62.0 Å². The first-order valence-corrected chi connectivity index (χ1v) is 10.7. The second-order valence-corrected chi connectivity index (χ2v) is 8.21. The summed E-state index contributed by atoms with van der Waals surface area (Å²) in [5.74, 6) is -1.43. The number of carbonyl (C=O) groups is 2. The molecule has 2 amide bonds. The van der Waals surface area contributed by atoms with Crippen LogP contribution < -0.4 is 15.1 Å². The zero-order chi connectivity index (χ0) is 25.9. The lowest BCUT2D eigenvalue weighted by Crippen LogP contribution is -2.47. The molecule has 1 aliphatic heterocycles. The highest BCUT2D eigenvalue weighted by atomic mass is 19.4. The van der Waals surface area contributed by atoms with Crippen LogP contribution in [0.5, 0.6) is 0 Å². The number of anilines is 3. The summed E-state index contributed by atoms with van der Waals surface area (Å²) < 4.78 is 55.4. The Hall–Kier alpha value is -3.88. The maximum Gasteiger partial charge on any atom is 0.417 e. The number of para-hydroxylation sites is 1. The van der Waals surface area contributed by atoms with E-state index in [1.807, 2.05) is 0 Å². The highest BCUT2D eigenvalue weighted by Gasteiger charge is 2.37. The summed E-state index contributed by atoms with van der Waals surface area (Å²) in [5.41, 5.74) is -1.38. The first-order valence-electron chi connectivity index (χ1n) is 10.7. The molecule has 3 rings (SSSR count). The molecule has 0 radical (unpaired) electrons. The van der Waals surface area contributed by atoms with E-state index in [1.54, 1.807) is 24.1 Å². The van der Waals surface area contributed by atoms with Gasteiger partial charge in [-0.1, -0.05) is 6.07 Å². The van der Waals surface area contributed by atoms with Crippen LogP contribution in [-0.2, 0) is 15.8 Å². The molecule has 8 nitrogen and oxygen atoms in total. The fourth-order valence-corrected chi connectivity index (χ4v) is 3.93. The van der Waals surface area contributed by atoms with Crippen LogP contribution in [0.25, 0.3) is 0 Å². The van der Waals surface area contributed by atoms with E-state index in [0.29, 0.717) is 6.41 Å². The smallest absolute Gasteiger partial charge is 0.366 e. The molecule has 1 N–H and O–H groups in total. The van der Waals surface area contributed by atoms with Gasteiger partial charge in [0.2, 0.25) is 12.3 Å². The number of amides is 2. The number of pyridine rings is 1. The van der Waals surface area contributed by atoms with Gasteiger partial charge in [-0.15, -0.1) is 0 Å². The Balaban J connectivity index is 2.02. The van der Waals surface area contributed by atoms with E-state index in [9.17, 15) is 32.4 Å². The summed E-state index contributed by atoms with van der Waals surface area (Å²) in [6.07, 6.45) is -4.07. The fraction of sp³-hybridized carbons (Fsp3) is 0.391. The number of likely N-dealkylation sites (N-methyl/N-ethyl adjacent to an activating group) is 2. The minimum atomic E-state index is -4.78. The molecule has 1 aromatic heterocycles. The third-order valence-electron chi connectivity index (χ3n) is 5.74. The lowest BCUT2D eigenvalue weighted by molar-refractivity contribution is -0.137. The van der Waals surface area contributed by atoms with E-state index in [-0.39, 0.29) is 48.9 Å². The van der Waals surface area contributed by atoms with Gasteiger partial charge in [-0.05, 0) is 31.5 Å². The molecule has 0 unspecified atom stereocenters. The van der Waals surface area contributed by atoms with E-state index in [2.05, 4.69) is 10.3 Å². The molecule has 0 saturated heterocycles. The molecule has 35 heavy (non-hydrogen) atoms. The van der Waals surface area contributed by atoms with Gasteiger partial charge in [-0.25, -0.2) is 9.37 Å². The van der Waals surface area contributed by atoms with E-state index in [4.69, 9.17) is 0 Å². The third kappa shape index (κ3) is 5.45. The molecule has 1 atom stereocenters. The van der Waals surface area contributed by atoms with Crippen LogP contribution in [0.1, 0.15) is 23.2 Å². The number of rotatable bonds is 6. The minimum absolute atomic E-state index is 0.0245. The van der Waals surface area contributed by atoms with Crippen molar-refractivity contribution in [2.75, 3.05) is 48.8 Å². The monoisotopic (exact) mass is 492 g/mol. The van der Waals surface area contributed by atoms with Crippen LogP contribution in [0.3, 0.4) is 0 Å². The van der Waals surface area contributed by atoms with E-state index < -0.39 is 35.1 Å². The maximum absolute atomic E-state index is 14.9. The Labute approximate surface area is 199 Å². The number of aryl methyl sites for hydroxylation is 1. The predicted octanol–water partition coefficient (Wildman–Crippen LogP) is 3.16. The van der Waals surface area contributed by atoms with Crippen molar-refractivity contribution in [1.82, 2.24) is 9.88 Å². The first kappa shape index (κ1) is 25.7. The third-order valence-corrected chi connectivity index (χ3v) is 5.74. The quantitative estimate of drug-likeness (QED) is 0.492. The molecule has 0 saturated carbocycles. The predicted molar refractivity (Wildman–Crippen MR) is 121 cm³/mol. The topological polar surface area (TPSA) is 92.6 Å². The Morgan fingerprint density at radius 1 is 1.37 bits per heavy atom. The van der Waals surface area contributed by atoms with Gasteiger partial charge in [0.25, 0.3) is 0 Å². The number of nitriles is 1. The highest BCUT2D eigenvalue weighted by Crippen LogP contribution is 2.37. The van der Waals surface area contributed by atoms with Gasteiger partial charge in [0.05, 0.1) is 16.9 Å². The molecular formula is C23H24F4N6O2. The molecule has 2 aromatic rings. The average molecular weight is 492 g/mol. The number of halogens is 4. The van der Waals surface area contributed by atoms with Crippen LogP contribution in [0, 0.1) is 24.1 Å². The maximum atomic E-state index is 14.9.